The van der Waals surface area contributed by atoms with Crippen LogP contribution in [0.25, 0.3) is 10.8 Å². The van der Waals surface area contributed by atoms with Crippen LogP contribution in [-0.2, 0) is 14.3 Å². The summed E-state index contributed by atoms with van der Waals surface area (Å²) < 4.78 is 4.90. The fourth-order valence-electron chi connectivity index (χ4n) is 3.92. The fourth-order valence-corrected chi connectivity index (χ4v) is 3.92. The van der Waals surface area contributed by atoms with Crippen LogP contribution in [0, 0.1) is 15.5 Å². The van der Waals surface area contributed by atoms with Gasteiger partial charge in [0.05, 0.1) is 13.0 Å². The molecule has 1 aliphatic carbocycles. The van der Waals surface area contributed by atoms with Crippen molar-refractivity contribution in [1.29, 1.82) is 0 Å². The van der Waals surface area contributed by atoms with Gasteiger partial charge in [-0.1, -0.05) is 42.5 Å². The number of methoxy groups -OCH3 is 1. The maximum Gasteiger partial charge on any atom is 0.320 e. The van der Waals surface area contributed by atoms with E-state index in [1.54, 1.807) is 6.07 Å². The molecule has 0 saturated heterocycles. The van der Waals surface area contributed by atoms with Crippen molar-refractivity contribution >= 4 is 22.5 Å². The maximum atomic E-state index is 12.6. The summed E-state index contributed by atoms with van der Waals surface area (Å²) in [5, 5.41) is 13.2. The number of Topliss-reactive ketones (excluding diaryl/α,β-unsaturated/α-hetero) is 1. The largest absolute Gasteiger partial charge is 0.468 e. The van der Waals surface area contributed by atoms with Crippen LogP contribution in [0.2, 0.25) is 0 Å². The lowest BCUT2D eigenvalue weighted by molar-refractivity contribution is -0.485. The van der Waals surface area contributed by atoms with Gasteiger partial charge in [-0.25, -0.2) is 0 Å². The molecule has 130 valence electrons. The summed E-state index contributed by atoms with van der Waals surface area (Å²) in [6.45, 7) is -0.487. The van der Waals surface area contributed by atoms with Crippen molar-refractivity contribution in [1.82, 2.24) is 0 Å². The number of hydrogen-bond acceptors (Lipinski definition) is 5. The Morgan fingerprint density at radius 3 is 2.60 bits per heavy atom. The number of rotatable bonds is 5. The first-order valence-corrected chi connectivity index (χ1v) is 8.21. The second-order valence-electron chi connectivity index (χ2n) is 6.41. The Labute approximate surface area is 144 Å². The number of nitrogens with zero attached hydrogens (tertiary/aromatic N) is 1. The molecule has 0 amide bonds. The van der Waals surface area contributed by atoms with Gasteiger partial charge in [-0.2, -0.15) is 0 Å². The molecule has 2 atom stereocenters. The third-order valence-electron chi connectivity index (χ3n) is 5.12. The first-order chi connectivity index (χ1) is 12.0. The SMILES string of the molecule is COC(=O)C1([C@@H](C[N+](=O)[O-])c2ccc3ccccc3c2)CCCC1=O. The summed E-state index contributed by atoms with van der Waals surface area (Å²) in [6.07, 6.45) is 1.07. The zero-order chi connectivity index (χ0) is 18.0. The van der Waals surface area contributed by atoms with Crippen LogP contribution in [0.1, 0.15) is 30.7 Å². The van der Waals surface area contributed by atoms with Gasteiger partial charge < -0.3 is 4.74 Å². The van der Waals surface area contributed by atoms with Crippen LogP contribution in [0.4, 0.5) is 0 Å². The zero-order valence-electron chi connectivity index (χ0n) is 13.9. The molecule has 0 aliphatic heterocycles. The predicted octanol–water partition coefficient (Wildman–Crippen LogP) is 3.11. The first-order valence-electron chi connectivity index (χ1n) is 8.21. The molecule has 0 aromatic heterocycles. The van der Waals surface area contributed by atoms with Gasteiger partial charge in [0.2, 0.25) is 6.54 Å². The Morgan fingerprint density at radius 1 is 1.28 bits per heavy atom. The molecule has 0 radical (unpaired) electrons. The van der Waals surface area contributed by atoms with Crippen molar-refractivity contribution in [2.24, 2.45) is 5.41 Å². The van der Waals surface area contributed by atoms with Crippen LogP contribution < -0.4 is 0 Å². The van der Waals surface area contributed by atoms with Gasteiger partial charge in [0, 0.05) is 11.3 Å². The zero-order valence-corrected chi connectivity index (χ0v) is 13.9. The van der Waals surface area contributed by atoms with Crippen LogP contribution in [0.5, 0.6) is 0 Å². The van der Waals surface area contributed by atoms with Crippen molar-refractivity contribution in [3.8, 4) is 0 Å². The Balaban J connectivity index is 2.16. The molecule has 1 saturated carbocycles. The Bertz CT molecular complexity index is 847. The lowest BCUT2D eigenvalue weighted by Gasteiger charge is -2.31. The van der Waals surface area contributed by atoms with E-state index in [4.69, 9.17) is 4.74 Å². The molecule has 0 N–H and O–H groups in total. The summed E-state index contributed by atoms with van der Waals surface area (Å²) in [5.41, 5.74) is -0.847. The molecule has 1 fully saturated rings. The number of carbonyl (C=O) groups is 2. The Morgan fingerprint density at radius 2 is 2.00 bits per heavy atom. The van der Waals surface area contributed by atoms with Gasteiger partial charge in [0.15, 0.2) is 5.78 Å². The molecule has 1 unspecified atom stereocenters. The molecule has 0 heterocycles. The van der Waals surface area contributed by atoms with E-state index < -0.39 is 28.8 Å². The monoisotopic (exact) mass is 341 g/mol. The molecular formula is C19H19NO5. The molecule has 6 heteroatoms. The minimum Gasteiger partial charge on any atom is -0.468 e. The minimum atomic E-state index is -1.47. The molecule has 2 aromatic rings. The number of carbonyl (C=O) groups excluding carboxylic acids is 2. The van der Waals surface area contributed by atoms with Crippen molar-refractivity contribution in [3.05, 3.63) is 58.1 Å². The van der Waals surface area contributed by atoms with Crippen molar-refractivity contribution < 1.29 is 19.2 Å². The van der Waals surface area contributed by atoms with Crippen molar-refractivity contribution in [3.63, 3.8) is 0 Å². The number of ketones is 1. The molecule has 25 heavy (non-hydrogen) atoms. The molecule has 1 aliphatic rings. The summed E-state index contributed by atoms with van der Waals surface area (Å²) in [4.78, 5) is 36.0. The van der Waals surface area contributed by atoms with Crippen LogP contribution >= 0.6 is 0 Å². The molecular weight excluding hydrogens is 322 g/mol. The van der Waals surface area contributed by atoms with E-state index in [1.165, 1.54) is 7.11 Å². The number of nitro groups is 1. The van der Waals surface area contributed by atoms with E-state index in [9.17, 15) is 19.7 Å². The van der Waals surface area contributed by atoms with E-state index in [0.29, 0.717) is 12.0 Å². The number of benzene rings is 2. The quantitative estimate of drug-likeness (QED) is 0.361. The maximum absolute atomic E-state index is 12.6. The average Bonchev–Trinajstić information content (AvgIpc) is 3.00. The normalized spacial score (nSPS) is 21.2. The Hall–Kier alpha value is -2.76. The second kappa shape index (κ2) is 6.63. The highest BCUT2D eigenvalue weighted by atomic mass is 16.6. The number of esters is 1. The highest BCUT2D eigenvalue weighted by molar-refractivity contribution is 6.06. The van der Waals surface area contributed by atoms with E-state index in [0.717, 1.165) is 10.8 Å². The van der Waals surface area contributed by atoms with Crippen LogP contribution in [-0.4, -0.2) is 30.3 Å². The number of hydrogen-bond donors (Lipinski definition) is 0. The summed E-state index contributed by atoms with van der Waals surface area (Å²) >= 11 is 0. The summed E-state index contributed by atoms with van der Waals surface area (Å²) in [6, 6.07) is 13.1. The van der Waals surface area contributed by atoms with Crippen LogP contribution in [0.15, 0.2) is 42.5 Å². The van der Waals surface area contributed by atoms with E-state index in [2.05, 4.69) is 0 Å². The Kier molecular flexibility index (Phi) is 4.53. The van der Waals surface area contributed by atoms with E-state index in [1.807, 2.05) is 36.4 Å². The van der Waals surface area contributed by atoms with Gasteiger partial charge >= 0.3 is 5.97 Å². The predicted molar refractivity (Wildman–Crippen MR) is 91.9 cm³/mol. The standard InChI is InChI=1S/C19H19NO5/c1-25-18(22)19(10-4-7-17(19)21)16(12-20(23)24)15-9-8-13-5-2-3-6-14(13)11-15/h2-3,5-6,8-9,11,16H,4,7,10,12H2,1H3/t16-,19?/m0/s1. The molecule has 0 spiro atoms. The molecule has 0 bridgehead atoms. The first kappa shape index (κ1) is 17.1. The highest BCUT2D eigenvalue weighted by Crippen LogP contribution is 2.48. The third kappa shape index (κ3) is 2.88. The summed E-state index contributed by atoms with van der Waals surface area (Å²) in [7, 11) is 1.22. The van der Waals surface area contributed by atoms with Gasteiger partial charge in [-0.05, 0) is 29.2 Å². The van der Waals surface area contributed by atoms with Crippen LogP contribution in [0.3, 0.4) is 0 Å². The van der Waals surface area contributed by atoms with Gasteiger partial charge in [-0.3, -0.25) is 19.7 Å². The minimum absolute atomic E-state index is 0.247. The van der Waals surface area contributed by atoms with Gasteiger partial charge in [-0.15, -0.1) is 0 Å². The number of ether oxygens (including phenoxy) is 1. The third-order valence-corrected chi connectivity index (χ3v) is 5.12. The molecule has 2 aromatic carbocycles. The fraction of sp³-hybridized carbons (Fsp3) is 0.368. The second-order valence-corrected chi connectivity index (χ2v) is 6.41. The summed E-state index contributed by atoms with van der Waals surface area (Å²) in [5.74, 6) is -1.77. The number of fused-ring (bicyclic) bond motifs is 1. The smallest absolute Gasteiger partial charge is 0.320 e. The van der Waals surface area contributed by atoms with Gasteiger partial charge in [0.25, 0.3) is 0 Å². The van der Waals surface area contributed by atoms with Gasteiger partial charge in [0.1, 0.15) is 5.41 Å². The lowest BCUT2D eigenvalue weighted by atomic mass is 9.69. The topological polar surface area (TPSA) is 86.5 Å². The molecule has 6 nitrogen and oxygen atoms in total. The average molecular weight is 341 g/mol. The van der Waals surface area contributed by atoms with Crippen molar-refractivity contribution in [2.45, 2.75) is 25.2 Å². The van der Waals surface area contributed by atoms with E-state index >= 15 is 0 Å². The van der Waals surface area contributed by atoms with Crippen molar-refractivity contribution in [2.75, 3.05) is 13.7 Å². The molecule has 3 rings (SSSR count). The lowest BCUT2D eigenvalue weighted by Crippen LogP contribution is -2.44. The van der Waals surface area contributed by atoms with E-state index in [-0.39, 0.29) is 18.6 Å². The highest BCUT2D eigenvalue weighted by Gasteiger charge is 2.57.